The van der Waals surface area contributed by atoms with E-state index in [9.17, 15) is 4.79 Å². The summed E-state index contributed by atoms with van der Waals surface area (Å²) >= 11 is 0. The fourth-order valence-electron chi connectivity index (χ4n) is 1.63. The number of pyridine rings is 1. The fraction of sp³-hybridized carbons (Fsp3) is 0.308. The Labute approximate surface area is 105 Å². The van der Waals surface area contributed by atoms with Crippen LogP contribution in [0.2, 0.25) is 0 Å². The van der Waals surface area contributed by atoms with E-state index < -0.39 is 0 Å². The average molecular weight is 245 g/mol. The van der Waals surface area contributed by atoms with Crippen molar-refractivity contribution in [3.63, 3.8) is 0 Å². The van der Waals surface area contributed by atoms with Crippen molar-refractivity contribution in [3.05, 3.63) is 40.7 Å². The Kier molecular flexibility index (Phi) is 3.72. The van der Waals surface area contributed by atoms with E-state index in [1.54, 1.807) is 12.4 Å². The molecule has 0 aromatic carbocycles. The van der Waals surface area contributed by atoms with Crippen molar-refractivity contribution in [1.29, 1.82) is 0 Å². The van der Waals surface area contributed by atoms with Crippen LogP contribution in [0.3, 0.4) is 0 Å². The van der Waals surface area contributed by atoms with Gasteiger partial charge in [0.15, 0.2) is 0 Å². The van der Waals surface area contributed by atoms with Gasteiger partial charge in [0.05, 0.1) is 18.5 Å². The molecule has 0 aliphatic rings. The summed E-state index contributed by atoms with van der Waals surface area (Å²) < 4.78 is 5.38. The van der Waals surface area contributed by atoms with Crippen molar-refractivity contribution in [1.82, 2.24) is 15.0 Å². The lowest BCUT2D eigenvalue weighted by Crippen LogP contribution is -2.10. The molecule has 0 spiro atoms. The van der Waals surface area contributed by atoms with Crippen LogP contribution in [0.15, 0.2) is 29.3 Å². The largest absolute Gasteiger partial charge is 0.492 e. The van der Waals surface area contributed by atoms with Crippen LogP contribution in [0.1, 0.15) is 19.7 Å². The van der Waals surface area contributed by atoms with E-state index in [0.29, 0.717) is 30.3 Å². The van der Waals surface area contributed by atoms with Crippen molar-refractivity contribution in [2.24, 2.45) is 0 Å². The summed E-state index contributed by atoms with van der Waals surface area (Å²) in [5, 5.41) is 0. The molecule has 2 aromatic rings. The van der Waals surface area contributed by atoms with Crippen LogP contribution >= 0.6 is 0 Å². The summed E-state index contributed by atoms with van der Waals surface area (Å²) in [4.78, 5) is 22.7. The highest BCUT2D eigenvalue weighted by atomic mass is 16.5. The third-order valence-corrected chi connectivity index (χ3v) is 2.45. The molecule has 0 radical (unpaired) electrons. The number of hydrogen-bond donors (Lipinski definition) is 1. The maximum Gasteiger partial charge on any atom is 0.251 e. The summed E-state index contributed by atoms with van der Waals surface area (Å²) in [6, 6.07) is 3.30. The predicted molar refractivity (Wildman–Crippen MR) is 68.6 cm³/mol. The monoisotopic (exact) mass is 245 g/mol. The quantitative estimate of drug-likeness (QED) is 0.891. The normalized spacial score (nSPS) is 10.3. The second-order valence-electron chi connectivity index (χ2n) is 3.77. The van der Waals surface area contributed by atoms with Gasteiger partial charge in [-0.05, 0) is 13.0 Å². The summed E-state index contributed by atoms with van der Waals surface area (Å²) in [6.07, 6.45) is 3.99. The van der Waals surface area contributed by atoms with E-state index in [0.717, 1.165) is 5.56 Å². The Morgan fingerprint density at radius 1 is 1.28 bits per heavy atom. The van der Waals surface area contributed by atoms with E-state index in [4.69, 9.17) is 4.74 Å². The molecule has 1 N–H and O–H groups in total. The van der Waals surface area contributed by atoms with Crippen molar-refractivity contribution in [3.8, 4) is 17.0 Å². The Morgan fingerprint density at radius 3 is 2.83 bits per heavy atom. The van der Waals surface area contributed by atoms with Crippen LogP contribution in [0.4, 0.5) is 0 Å². The van der Waals surface area contributed by atoms with E-state index in [2.05, 4.69) is 15.0 Å². The highest BCUT2D eigenvalue weighted by Crippen LogP contribution is 2.19. The molecule has 0 atom stereocenters. The van der Waals surface area contributed by atoms with Crippen LogP contribution in [0.25, 0.3) is 11.3 Å². The van der Waals surface area contributed by atoms with E-state index in [1.807, 2.05) is 19.9 Å². The number of H-pyrrole nitrogens is 1. The number of aromatic nitrogens is 3. The number of hydrogen-bond acceptors (Lipinski definition) is 4. The molecule has 0 aliphatic heterocycles. The molecule has 5 nitrogen and oxygen atoms in total. The van der Waals surface area contributed by atoms with E-state index in [1.165, 1.54) is 6.07 Å². The minimum absolute atomic E-state index is 0.154. The Bertz CT molecular complexity index is 593. The van der Waals surface area contributed by atoms with Gasteiger partial charge in [0, 0.05) is 24.2 Å². The topological polar surface area (TPSA) is 67.9 Å². The summed E-state index contributed by atoms with van der Waals surface area (Å²) in [6.45, 7) is 4.43. The zero-order chi connectivity index (χ0) is 13.0. The predicted octanol–water partition coefficient (Wildman–Crippen LogP) is 1.79. The molecule has 2 aromatic heterocycles. The average Bonchev–Trinajstić information content (AvgIpc) is 2.39. The highest BCUT2D eigenvalue weighted by molar-refractivity contribution is 5.59. The van der Waals surface area contributed by atoms with Gasteiger partial charge in [0.25, 0.3) is 5.56 Å². The van der Waals surface area contributed by atoms with E-state index >= 15 is 0 Å². The molecule has 18 heavy (non-hydrogen) atoms. The molecule has 0 saturated carbocycles. The third-order valence-electron chi connectivity index (χ3n) is 2.45. The SMILES string of the molecule is CCOc1cncc(-c2cc(=O)[nH]c(CC)n2)c1. The van der Waals surface area contributed by atoms with Crippen LogP contribution < -0.4 is 10.3 Å². The zero-order valence-corrected chi connectivity index (χ0v) is 10.4. The first kappa shape index (κ1) is 12.3. The van der Waals surface area contributed by atoms with Gasteiger partial charge in [0.2, 0.25) is 0 Å². The Hall–Kier alpha value is -2.17. The molecule has 0 saturated heterocycles. The molecule has 0 fully saturated rings. The van der Waals surface area contributed by atoms with Gasteiger partial charge in [-0.2, -0.15) is 0 Å². The van der Waals surface area contributed by atoms with Gasteiger partial charge >= 0.3 is 0 Å². The minimum atomic E-state index is -0.154. The van der Waals surface area contributed by atoms with Gasteiger partial charge < -0.3 is 9.72 Å². The van der Waals surface area contributed by atoms with Crippen LogP contribution in [0, 0.1) is 0 Å². The smallest absolute Gasteiger partial charge is 0.251 e. The minimum Gasteiger partial charge on any atom is -0.492 e. The number of nitrogens with one attached hydrogen (secondary N) is 1. The van der Waals surface area contributed by atoms with Crippen molar-refractivity contribution in [2.45, 2.75) is 20.3 Å². The summed E-state index contributed by atoms with van der Waals surface area (Å²) in [5.74, 6) is 1.34. The molecule has 0 aliphatic carbocycles. The maximum atomic E-state index is 11.5. The van der Waals surface area contributed by atoms with Crippen LogP contribution in [-0.2, 0) is 6.42 Å². The summed E-state index contributed by atoms with van der Waals surface area (Å²) in [7, 11) is 0. The lowest BCUT2D eigenvalue weighted by molar-refractivity contribution is 0.339. The number of ether oxygens (including phenoxy) is 1. The summed E-state index contributed by atoms with van der Waals surface area (Å²) in [5.41, 5.74) is 1.24. The molecular weight excluding hydrogens is 230 g/mol. The third kappa shape index (κ3) is 2.74. The van der Waals surface area contributed by atoms with Gasteiger partial charge in [-0.15, -0.1) is 0 Å². The number of nitrogens with zero attached hydrogens (tertiary/aromatic N) is 2. The molecule has 0 amide bonds. The second kappa shape index (κ2) is 5.44. The van der Waals surface area contributed by atoms with Gasteiger partial charge in [0.1, 0.15) is 11.6 Å². The Morgan fingerprint density at radius 2 is 2.11 bits per heavy atom. The van der Waals surface area contributed by atoms with Crippen LogP contribution in [-0.4, -0.2) is 21.6 Å². The highest BCUT2D eigenvalue weighted by Gasteiger charge is 2.05. The molecule has 94 valence electrons. The first-order chi connectivity index (χ1) is 8.72. The fourth-order valence-corrected chi connectivity index (χ4v) is 1.63. The zero-order valence-electron chi connectivity index (χ0n) is 10.4. The number of aromatic amines is 1. The molecule has 2 rings (SSSR count). The molecule has 0 unspecified atom stereocenters. The van der Waals surface area contributed by atoms with Gasteiger partial charge in [-0.25, -0.2) is 4.98 Å². The number of aryl methyl sites for hydroxylation is 1. The standard InChI is InChI=1S/C13H15N3O2/c1-3-12-15-11(6-13(17)16-12)9-5-10(18-4-2)8-14-7-9/h5-8H,3-4H2,1-2H3,(H,15,16,17). The molecule has 2 heterocycles. The molecule has 0 bridgehead atoms. The first-order valence-corrected chi connectivity index (χ1v) is 5.91. The Balaban J connectivity index is 2.44. The van der Waals surface area contributed by atoms with Crippen molar-refractivity contribution < 1.29 is 4.74 Å². The molecule has 5 heteroatoms. The maximum absolute atomic E-state index is 11.5. The second-order valence-corrected chi connectivity index (χ2v) is 3.77. The van der Waals surface area contributed by atoms with Gasteiger partial charge in [-0.3, -0.25) is 9.78 Å². The molecular formula is C13H15N3O2. The number of rotatable bonds is 4. The van der Waals surface area contributed by atoms with Gasteiger partial charge in [-0.1, -0.05) is 6.92 Å². The van der Waals surface area contributed by atoms with Crippen LogP contribution in [0.5, 0.6) is 5.75 Å². The lowest BCUT2D eigenvalue weighted by Gasteiger charge is -2.05. The van der Waals surface area contributed by atoms with Crippen molar-refractivity contribution >= 4 is 0 Å². The first-order valence-electron chi connectivity index (χ1n) is 5.91. The van der Waals surface area contributed by atoms with E-state index in [-0.39, 0.29) is 5.56 Å². The lowest BCUT2D eigenvalue weighted by atomic mass is 10.2. The van der Waals surface area contributed by atoms with Crippen molar-refractivity contribution in [2.75, 3.05) is 6.61 Å².